The van der Waals surface area contributed by atoms with Crippen LogP contribution in [-0.2, 0) is 11.2 Å². The van der Waals surface area contributed by atoms with E-state index in [-0.39, 0.29) is 12.3 Å². The number of nitrogens with zero attached hydrogens (tertiary/aromatic N) is 3. The van der Waals surface area contributed by atoms with Crippen LogP contribution in [0.5, 0.6) is 0 Å². The van der Waals surface area contributed by atoms with Crippen molar-refractivity contribution in [3.05, 3.63) is 57.6 Å². The van der Waals surface area contributed by atoms with Gasteiger partial charge in [0.05, 0.1) is 14.9 Å². The number of thiophene rings is 1. The van der Waals surface area contributed by atoms with Gasteiger partial charge in [0.15, 0.2) is 5.13 Å². The second-order valence-electron chi connectivity index (χ2n) is 6.06. The largest absolute Gasteiger partial charge is 0.421 e. The van der Waals surface area contributed by atoms with Gasteiger partial charge in [0.25, 0.3) is 0 Å². The Kier molecular flexibility index (Phi) is 5.52. The van der Waals surface area contributed by atoms with E-state index < -0.39 is 0 Å². The molecule has 0 bridgehead atoms. The Hall–Kier alpha value is -2.55. The molecule has 142 valence electrons. The molecule has 9 heteroatoms. The highest BCUT2D eigenvalue weighted by Crippen LogP contribution is 2.32. The zero-order chi connectivity index (χ0) is 19.5. The second-order valence-corrected chi connectivity index (χ2v) is 8.63. The summed E-state index contributed by atoms with van der Waals surface area (Å²) in [5, 5.41) is 13.3. The Morgan fingerprint density at radius 3 is 2.75 bits per heavy atom. The van der Waals surface area contributed by atoms with Crippen LogP contribution in [0.15, 0.2) is 46.2 Å². The molecule has 1 N–H and O–H groups in total. The van der Waals surface area contributed by atoms with Gasteiger partial charge in [0, 0.05) is 23.8 Å². The number of halogens is 1. The van der Waals surface area contributed by atoms with Crippen molar-refractivity contribution in [3.63, 3.8) is 0 Å². The summed E-state index contributed by atoms with van der Waals surface area (Å²) in [5.41, 5.74) is 2.82. The van der Waals surface area contributed by atoms with Crippen LogP contribution in [-0.4, -0.2) is 21.1 Å². The van der Waals surface area contributed by atoms with Crippen LogP contribution in [0.4, 0.5) is 5.13 Å². The van der Waals surface area contributed by atoms with Gasteiger partial charge in [-0.25, -0.2) is 4.98 Å². The van der Waals surface area contributed by atoms with Gasteiger partial charge in [-0.1, -0.05) is 29.3 Å². The standard InChI is InChI=1S/C19H15ClN4O2S2/c1-11-2-4-12(5-3-11)18-24-23-17(26-18)9-8-16(25)22-19-21-13(10-27-19)14-6-7-15(20)28-14/h2-7,10H,8-9H2,1H3,(H,21,22,25). The minimum atomic E-state index is -0.153. The molecule has 3 aromatic heterocycles. The van der Waals surface area contributed by atoms with Gasteiger partial charge in [0.2, 0.25) is 17.7 Å². The molecule has 0 atom stereocenters. The number of nitrogens with one attached hydrogen (secondary N) is 1. The molecule has 3 heterocycles. The Balaban J connectivity index is 1.32. The number of benzene rings is 1. The number of amides is 1. The third-order valence-electron chi connectivity index (χ3n) is 3.91. The van der Waals surface area contributed by atoms with Crippen molar-refractivity contribution in [1.29, 1.82) is 0 Å². The molecule has 4 rings (SSSR count). The molecule has 0 aliphatic heterocycles. The van der Waals surface area contributed by atoms with E-state index in [1.807, 2.05) is 48.7 Å². The molecule has 0 fully saturated rings. The smallest absolute Gasteiger partial charge is 0.247 e. The predicted octanol–water partition coefficient (Wildman–Crippen LogP) is 5.45. The zero-order valence-electron chi connectivity index (χ0n) is 14.8. The Labute approximate surface area is 174 Å². The number of carbonyl (C=O) groups excluding carboxylic acids is 1. The number of aryl methyl sites for hydroxylation is 2. The quantitative estimate of drug-likeness (QED) is 0.439. The van der Waals surface area contributed by atoms with E-state index in [0.717, 1.165) is 21.7 Å². The van der Waals surface area contributed by atoms with Crippen LogP contribution >= 0.6 is 34.3 Å². The van der Waals surface area contributed by atoms with Crippen molar-refractivity contribution in [2.45, 2.75) is 19.8 Å². The molecule has 0 unspecified atom stereocenters. The highest BCUT2D eigenvalue weighted by Gasteiger charge is 2.13. The Morgan fingerprint density at radius 1 is 1.18 bits per heavy atom. The Bertz CT molecular complexity index is 1100. The molecule has 0 radical (unpaired) electrons. The first-order valence-corrected chi connectivity index (χ1v) is 10.5. The van der Waals surface area contributed by atoms with E-state index in [9.17, 15) is 4.79 Å². The maximum atomic E-state index is 12.2. The zero-order valence-corrected chi connectivity index (χ0v) is 17.2. The number of rotatable bonds is 6. The minimum absolute atomic E-state index is 0.153. The lowest BCUT2D eigenvalue weighted by Crippen LogP contribution is -2.12. The van der Waals surface area contributed by atoms with Crippen molar-refractivity contribution in [2.24, 2.45) is 0 Å². The van der Waals surface area contributed by atoms with Crippen LogP contribution in [0.1, 0.15) is 17.9 Å². The number of carbonyl (C=O) groups is 1. The van der Waals surface area contributed by atoms with Gasteiger partial charge < -0.3 is 9.73 Å². The maximum Gasteiger partial charge on any atom is 0.247 e. The molecule has 0 saturated heterocycles. The van der Waals surface area contributed by atoms with Gasteiger partial charge >= 0.3 is 0 Å². The summed E-state index contributed by atoms with van der Waals surface area (Å²) in [7, 11) is 0. The van der Waals surface area contributed by atoms with Crippen LogP contribution < -0.4 is 5.32 Å². The monoisotopic (exact) mass is 430 g/mol. The number of aromatic nitrogens is 3. The number of hydrogen-bond donors (Lipinski definition) is 1. The summed E-state index contributed by atoms with van der Waals surface area (Å²) < 4.78 is 6.35. The van der Waals surface area contributed by atoms with Gasteiger partial charge in [-0.15, -0.1) is 32.9 Å². The summed E-state index contributed by atoms with van der Waals surface area (Å²) in [6.07, 6.45) is 0.596. The van der Waals surface area contributed by atoms with E-state index >= 15 is 0 Å². The van der Waals surface area contributed by atoms with Crippen molar-refractivity contribution < 1.29 is 9.21 Å². The molecular weight excluding hydrogens is 416 g/mol. The molecule has 0 aliphatic carbocycles. The van der Waals surface area contributed by atoms with Crippen LogP contribution in [0.3, 0.4) is 0 Å². The molecule has 1 amide bonds. The molecule has 4 aromatic rings. The highest BCUT2D eigenvalue weighted by atomic mass is 35.5. The van der Waals surface area contributed by atoms with Crippen molar-refractivity contribution in [2.75, 3.05) is 5.32 Å². The second kappa shape index (κ2) is 8.22. The lowest BCUT2D eigenvalue weighted by atomic mass is 10.1. The first-order chi connectivity index (χ1) is 13.6. The third-order valence-corrected chi connectivity index (χ3v) is 5.92. The SMILES string of the molecule is Cc1ccc(-c2nnc(CCC(=O)Nc3nc(-c4ccc(Cl)s4)cs3)o2)cc1. The molecular formula is C19H15ClN4O2S2. The van der Waals surface area contributed by atoms with Crippen LogP contribution in [0, 0.1) is 6.92 Å². The summed E-state index contributed by atoms with van der Waals surface area (Å²) in [6.45, 7) is 2.02. The molecule has 0 aliphatic rings. The van der Waals surface area contributed by atoms with Gasteiger partial charge in [-0.05, 0) is 31.2 Å². The summed E-state index contributed by atoms with van der Waals surface area (Å²) >= 11 is 8.78. The van der Waals surface area contributed by atoms with E-state index in [0.29, 0.717) is 27.7 Å². The van der Waals surface area contributed by atoms with E-state index in [1.54, 1.807) is 0 Å². The number of thiazole rings is 1. The van der Waals surface area contributed by atoms with Gasteiger partial charge in [-0.2, -0.15) is 0 Å². The normalized spacial score (nSPS) is 10.9. The van der Waals surface area contributed by atoms with E-state index in [1.165, 1.54) is 22.7 Å². The van der Waals surface area contributed by atoms with E-state index in [4.69, 9.17) is 16.0 Å². The first-order valence-electron chi connectivity index (χ1n) is 8.47. The van der Waals surface area contributed by atoms with Crippen molar-refractivity contribution >= 4 is 45.3 Å². The molecule has 0 saturated carbocycles. The van der Waals surface area contributed by atoms with Crippen LogP contribution in [0.2, 0.25) is 4.34 Å². The first kappa shape index (κ1) is 18.8. The molecule has 28 heavy (non-hydrogen) atoms. The van der Waals surface area contributed by atoms with Crippen LogP contribution in [0.25, 0.3) is 22.0 Å². The van der Waals surface area contributed by atoms with Gasteiger partial charge in [0.1, 0.15) is 0 Å². The van der Waals surface area contributed by atoms with Crippen molar-refractivity contribution in [1.82, 2.24) is 15.2 Å². The fraction of sp³-hybridized carbons (Fsp3) is 0.158. The molecule has 0 spiro atoms. The average molecular weight is 431 g/mol. The minimum Gasteiger partial charge on any atom is -0.421 e. The van der Waals surface area contributed by atoms with E-state index in [2.05, 4.69) is 20.5 Å². The fourth-order valence-electron chi connectivity index (χ4n) is 2.47. The summed E-state index contributed by atoms with van der Waals surface area (Å²) in [6, 6.07) is 11.6. The Morgan fingerprint density at radius 2 is 2.00 bits per heavy atom. The average Bonchev–Trinajstić information content (AvgIpc) is 3.41. The lowest BCUT2D eigenvalue weighted by Gasteiger charge is -1.99. The van der Waals surface area contributed by atoms with Gasteiger partial charge in [-0.3, -0.25) is 4.79 Å². The molecule has 1 aromatic carbocycles. The highest BCUT2D eigenvalue weighted by molar-refractivity contribution is 7.20. The maximum absolute atomic E-state index is 12.2. The molecule has 6 nitrogen and oxygen atoms in total. The lowest BCUT2D eigenvalue weighted by molar-refractivity contribution is -0.116. The topological polar surface area (TPSA) is 80.9 Å². The number of hydrogen-bond acceptors (Lipinski definition) is 7. The summed E-state index contributed by atoms with van der Waals surface area (Å²) in [4.78, 5) is 17.6. The summed E-state index contributed by atoms with van der Waals surface area (Å²) in [5.74, 6) is 0.730. The fourth-order valence-corrected chi connectivity index (χ4v) is 4.27. The van der Waals surface area contributed by atoms with Crippen molar-refractivity contribution in [3.8, 4) is 22.0 Å². The number of anilines is 1. The predicted molar refractivity (Wildman–Crippen MR) is 112 cm³/mol. The third kappa shape index (κ3) is 4.46.